The molecule has 60 heavy (non-hydrogen) atoms. The summed E-state index contributed by atoms with van der Waals surface area (Å²) in [6, 6.07) is 12.5. The number of aryl methyl sites for hydroxylation is 2. The van der Waals surface area contributed by atoms with Crippen LogP contribution in [-0.4, -0.2) is 104 Å². The summed E-state index contributed by atoms with van der Waals surface area (Å²) in [6.45, 7) is 6.89. The lowest BCUT2D eigenvalue weighted by atomic mass is 10.1. The second kappa shape index (κ2) is 28.9. The Morgan fingerprint density at radius 3 is 1.25 bits per heavy atom. The number of nitrogens with zero attached hydrogens (tertiary/aromatic N) is 2. The minimum Gasteiger partial charge on any atom is -0.378 e. The van der Waals surface area contributed by atoms with Gasteiger partial charge in [0.2, 0.25) is 0 Å². The minimum atomic E-state index is -3.92. The van der Waals surface area contributed by atoms with E-state index in [1.807, 2.05) is 13.8 Å². The third-order valence-corrected chi connectivity index (χ3v) is 17.0. The van der Waals surface area contributed by atoms with Gasteiger partial charge in [-0.15, -0.1) is 3.77 Å². The van der Waals surface area contributed by atoms with E-state index >= 15 is 0 Å². The van der Waals surface area contributed by atoms with Crippen molar-refractivity contribution in [2.45, 2.75) is 135 Å². The summed E-state index contributed by atoms with van der Waals surface area (Å²) in [5, 5.41) is 0. The zero-order chi connectivity index (χ0) is 42.8. The molecule has 2 aromatic carbocycles. The van der Waals surface area contributed by atoms with Crippen LogP contribution in [0.25, 0.3) is 0 Å². The van der Waals surface area contributed by atoms with Gasteiger partial charge in [0.25, 0.3) is 20.0 Å². The summed E-state index contributed by atoms with van der Waals surface area (Å²) >= 11 is 0. The van der Waals surface area contributed by atoms with E-state index in [1.165, 1.54) is 56.0 Å². The van der Waals surface area contributed by atoms with E-state index in [1.54, 1.807) is 24.3 Å². The van der Waals surface area contributed by atoms with E-state index < -0.39 is 48.4 Å². The Hall–Kier alpha value is -1.68. The lowest BCUT2D eigenvalue weighted by Gasteiger charge is -2.22. The number of hydrogen-bond acceptors (Lipinski definition) is 12. The standard InChI is InChI=1S/C15H23NO4S2.C8H10ClNO3S2.C8H17NO2S.C6H13NO.3CH4/c1-13-6-8-15(9-7-13)22(18,19)16-21(2,17)12-10-14-5-3-4-11-20-14;1-7-3-5-8(6-4-7)15(12,13)10-14(2,9)11;1-12(9,10)7-5-8-4-2-3-6-11-8;7-5-6-3-1-2-4-8-6;;;/h6-9,14H,3-5,10-12H2,1-2H3;3-6H,1-2H3;8-9H,2-7H2,1H3;6H,1-5,7H2;3*1H4/t14-,21?;;8-,12?;6-;;;/m0.00.../s1. The van der Waals surface area contributed by atoms with Crippen LogP contribution in [0.1, 0.15) is 104 Å². The molecule has 352 valence electrons. The van der Waals surface area contributed by atoms with Gasteiger partial charge in [-0.25, -0.2) is 8.42 Å². The van der Waals surface area contributed by atoms with Gasteiger partial charge in [-0.2, -0.15) is 16.8 Å². The number of rotatable bonds is 11. The van der Waals surface area contributed by atoms with E-state index in [0.717, 1.165) is 82.1 Å². The summed E-state index contributed by atoms with van der Waals surface area (Å²) < 4.78 is 112. The van der Waals surface area contributed by atoms with E-state index in [0.29, 0.717) is 24.8 Å². The lowest BCUT2D eigenvalue weighted by Crippen LogP contribution is -2.27. The van der Waals surface area contributed by atoms with Crippen molar-refractivity contribution < 1.29 is 43.7 Å². The van der Waals surface area contributed by atoms with Gasteiger partial charge in [0.05, 0.1) is 37.8 Å². The summed E-state index contributed by atoms with van der Waals surface area (Å²) in [5.74, 6) is 0.723. The van der Waals surface area contributed by atoms with Gasteiger partial charge >= 0.3 is 0 Å². The first kappa shape index (κ1) is 60.4. The van der Waals surface area contributed by atoms with Crippen molar-refractivity contribution >= 4 is 59.1 Å². The molecule has 3 fully saturated rings. The summed E-state index contributed by atoms with van der Waals surface area (Å²) in [7, 11) is -10.8. The van der Waals surface area contributed by atoms with Gasteiger partial charge < -0.3 is 19.9 Å². The molecule has 5 rings (SSSR count). The van der Waals surface area contributed by atoms with Crippen molar-refractivity contribution in [3.8, 4) is 0 Å². The maximum absolute atomic E-state index is 12.5. The molecule has 0 saturated carbocycles. The van der Waals surface area contributed by atoms with Crippen LogP contribution < -0.4 is 5.73 Å². The first-order valence-electron chi connectivity index (χ1n) is 19.0. The quantitative estimate of drug-likeness (QED) is 0.203. The highest BCUT2D eigenvalue weighted by Gasteiger charge is 2.20. The van der Waals surface area contributed by atoms with Gasteiger partial charge in [0, 0.05) is 66.4 Å². The van der Waals surface area contributed by atoms with Crippen molar-refractivity contribution in [3.63, 3.8) is 0 Å². The number of halogens is 1. The molecule has 20 heteroatoms. The Morgan fingerprint density at radius 1 is 0.600 bits per heavy atom. The normalized spacial score (nSPS) is 21.9. The van der Waals surface area contributed by atoms with Crippen LogP contribution in [0.5, 0.6) is 0 Å². The molecule has 3 saturated heterocycles. The average molecular weight is 968 g/mol. The van der Waals surface area contributed by atoms with E-state index in [2.05, 4.69) is 7.54 Å². The van der Waals surface area contributed by atoms with Crippen molar-refractivity contribution in [2.75, 3.05) is 56.6 Å². The van der Waals surface area contributed by atoms with Gasteiger partial charge in [0.1, 0.15) is 8.94 Å². The Bertz CT molecular complexity index is 2080. The highest BCUT2D eigenvalue weighted by Crippen LogP contribution is 2.20. The Balaban J connectivity index is 0. The summed E-state index contributed by atoms with van der Waals surface area (Å²) in [6.07, 6.45) is 16.3. The highest BCUT2D eigenvalue weighted by molar-refractivity contribution is 8.18. The largest absolute Gasteiger partial charge is 0.378 e. The number of sulfonamides is 2. The van der Waals surface area contributed by atoms with Crippen molar-refractivity contribution in [1.82, 2.24) is 0 Å². The van der Waals surface area contributed by atoms with Crippen molar-refractivity contribution in [3.05, 3.63) is 59.7 Å². The van der Waals surface area contributed by atoms with Crippen LogP contribution >= 0.6 is 10.7 Å². The maximum Gasteiger partial charge on any atom is 0.291 e. The molecule has 0 aromatic heterocycles. The predicted octanol–water partition coefficient (Wildman–Crippen LogP) is 8.72. The van der Waals surface area contributed by atoms with E-state index in [9.17, 15) is 29.5 Å². The molecule has 0 spiro atoms. The number of hydrogen-bond donors (Lipinski definition) is 2. The molecular formula is C40H75ClN4O10S5. The minimum absolute atomic E-state index is 0. The number of ether oxygens (including phenoxy) is 3. The first-order chi connectivity index (χ1) is 26.5. The van der Waals surface area contributed by atoms with E-state index in [4.69, 9.17) is 35.4 Å². The molecule has 0 amide bonds. The Labute approximate surface area is 369 Å². The molecular weight excluding hydrogens is 892 g/mol. The topological polar surface area (TPSA) is 222 Å². The highest BCUT2D eigenvalue weighted by atomic mass is 35.7. The molecule has 0 bridgehead atoms. The molecule has 3 heterocycles. The molecule has 14 nitrogen and oxygen atoms in total. The average Bonchev–Trinajstić information content (AvgIpc) is 3.14. The fourth-order valence-electron chi connectivity index (χ4n) is 5.70. The fourth-order valence-corrected chi connectivity index (χ4v) is 12.8. The molecule has 3 aliphatic heterocycles. The molecule has 2 aromatic rings. The van der Waals surface area contributed by atoms with Gasteiger partial charge in [-0.3, -0.25) is 8.99 Å². The third kappa shape index (κ3) is 26.7. The van der Waals surface area contributed by atoms with Crippen LogP contribution in [0.15, 0.2) is 65.9 Å². The molecule has 3 aliphatic rings. The zero-order valence-corrected chi connectivity index (χ0v) is 38.7. The van der Waals surface area contributed by atoms with Crippen molar-refractivity contribution in [2.24, 2.45) is 13.3 Å². The fraction of sp³-hybridized carbons (Fsp3) is 0.700. The summed E-state index contributed by atoms with van der Waals surface area (Å²) in [5.41, 5.74) is 7.27. The molecule has 0 radical (unpaired) electrons. The van der Waals surface area contributed by atoms with Crippen LogP contribution in [0, 0.1) is 18.6 Å². The van der Waals surface area contributed by atoms with Gasteiger partial charge in [-0.05, 0) is 119 Å². The second-order valence-corrected chi connectivity index (χ2v) is 26.5. The Kier molecular flexibility index (Phi) is 29.1. The van der Waals surface area contributed by atoms with Gasteiger partial charge in [-0.1, -0.05) is 61.4 Å². The Morgan fingerprint density at radius 2 is 0.950 bits per heavy atom. The number of nitrogens with two attached hydrogens (primary N) is 1. The molecule has 3 unspecified atom stereocenters. The predicted molar refractivity (Wildman–Crippen MR) is 251 cm³/mol. The van der Waals surface area contributed by atoms with Crippen LogP contribution in [-0.2, 0) is 62.7 Å². The van der Waals surface area contributed by atoms with Crippen LogP contribution in [0.3, 0.4) is 0 Å². The monoisotopic (exact) mass is 966 g/mol. The molecule has 0 aliphatic carbocycles. The van der Waals surface area contributed by atoms with E-state index in [-0.39, 0.29) is 50.0 Å². The number of nitrogens with one attached hydrogen (secondary N) is 1. The molecule has 6 atom stereocenters. The van der Waals surface area contributed by atoms with Crippen molar-refractivity contribution in [1.29, 1.82) is 4.78 Å². The maximum atomic E-state index is 12.5. The first-order valence-corrected chi connectivity index (χ1v) is 28.9. The number of benzene rings is 2. The summed E-state index contributed by atoms with van der Waals surface area (Å²) in [4.78, 5) is 0.0740. The lowest BCUT2D eigenvalue weighted by molar-refractivity contribution is 0.0147. The van der Waals surface area contributed by atoms with Crippen LogP contribution in [0.4, 0.5) is 0 Å². The second-order valence-electron chi connectivity index (χ2n) is 14.6. The van der Waals surface area contributed by atoms with Gasteiger partial charge in [0.15, 0.2) is 0 Å². The third-order valence-electron chi connectivity index (χ3n) is 8.86. The SMILES string of the molecule is C.C.C.CS(=N)(=O)CC[C@@H]1CCCCO1.Cc1ccc(S(=O)(=O)N=S(C)(=O)CC[C@@H]2CCCCO2)cc1.Cc1ccc(S(=O)(=O)N=S(C)(=O)Cl)cc1.NC[C@@H]1CCCCO1. The zero-order valence-electron chi connectivity index (χ0n) is 33.8. The molecule has 3 N–H and O–H groups in total. The smallest absolute Gasteiger partial charge is 0.291 e. The van der Waals surface area contributed by atoms with Crippen LogP contribution in [0.2, 0.25) is 0 Å².